The molecule has 33 heavy (non-hydrogen) atoms. The number of hydrogen-bond donors (Lipinski definition) is 3. The molecule has 0 fully saturated rings. The number of nitrogens with zero attached hydrogens (tertiary/aromatic N) is 2. The van der Waals surface area contributed by atoms with Crippen molar-refractivity contribution < 1.29 is 23.1 Å². The number of carboxylic acid groups (broad SMARTS) is 1. The Morgan fingerprint density at radius 1 is 1.15 bits per heavy atom. The second-order valence-electron chi connectivity index (χ2n) is 7.08. The van der Waals surface area contributed by atoms with Crippen molar-refractivity contribution in [2.24, 2.45) is 0 Å². The largest absolute Gasteiger partial charge is 0.477 e. The minimum Gasteiger partial charge on any atom is -0.477 e. The average Bonchev–Trinajstić information content (AvgIpc) is 3.20. The second kappa shape index (κ2) is 10.5. The van der Waals surface area contributed by atoms with Crippen molar-refractivity contribution in [3.8, 4) is 11.1 Å². The smallest absolute Gasteiger partial charge is 0.354 e. The lowest BCUT2D eigenvalue weighted by atomic mass is 10.0. The van der Waals surface area contributed by atoms with Gasteiger partial charge in [0.2, 0.25) is 0 Å². The molecule has 2 aromatic carbocycles. The van der Waals surface area contributed by atoms with Gasteiger partial charge in [-0.3, -0.25) is 0 Å². The molecule has 0 bridgehead atoms. The molecule has 0 atom stereocenters. The maximum Gasteiger partial charge on any atom is 0.354 e. The highest BCUT2D eigenvalue weighted by Crippen LogP contribution is 2.29. The van der Waals surface area contributed by atoms with Crippen LogP contribution in [0.5, 0.6) is 0 Å². The molecule has 174 valence electrons. The molecule has 3 rings (SSSR count). The number of benzene rings is 2. The van der Waals surface area contributed by atoms with Crippen LogP contribution in [0, 0.1) is 0 Å². The fourth-order valence-corrected chi connectivity index (χ4v) is 4.97. The maximum absolute atomic E-state index is 13.2. The standard InChI is InChI=1S/C22H24N4O5S2/c1-3-11-23-21(29)25-33(30,31)19-12-15(9-10-17(19)16-7-5-4-6-8-16)14-26-18(20(27)28)13-24-22(26)32-2/h4-10,12-13H,3,11,14H2,1-2H3,(H,27,28)(H2,23,25,29). The molecule has 0 saturated carbocycles. The van der Waals surface area contributed by atoms with Gasteiger partial charge in [-0.1, -0.05) is 61.2 Å². The molecule has 0 unspecified atom stereocenters. The summed E-state index contributed by atoms with van der Waals surface area (Å²) in [6.07, 6.45) is 3.70. The van der Waals surface area contributed by atoms with Gasteiger partial charge in [0.05, 0.1) is 17.6 Å². The fraction of sp³-hybridized carbons (Fsp3) is 0.227. The highest BCUT2D eigenvalue weighted by molar-refractivity contribution is 7.98. The number of amides is 2. The summed E-state index contributed by atoms with van der Waals surface area (Å²) in [5.41, 5.74) is 1.62. The van der Waals surface area contributed by atoms with Crippen molar-refractivity contribution >= 4 is 33.8 Å². The summed E-state index contributed by atoms with van der Waals surface area (Å²) in [5.74, 6) is -1.13. The van der Waals surface area contributed by atoms with E-state index in [0.29, 0.717) is 34.8 Å². The van der Waals surface area contributed by atoms with E-state index < -0.39 is 22.0 Å². The first-order valence-electron chi connectivity index (χ1n) is 10.1. The lowest BCUT2D eigenvalue weighted by molar-refractivity contribution is 0.0684. The van der Waals surface area contributed by atoms with Gasteiger partial charge >= 0.3 is 12.0 Å². The molecule has 0 radical (unpaired) electrons. The molecule has 0 spiro atoms. The number of carboxylic acids is 1. The Balaban J connectivity index is 2.07. The predicted molar refractivity (Wildman–Crippen MR) is 126 cm³/mol. The number of hydrogen-bond acceptors (Lipinski definition) is 6. The van der Waals surface area contributed by atoms with Crippen LogP contribution in [-0.4, -0.2) is 47.9 Å². The first-order valence-corrected chi connectivity index (χ1v) is 12.8. The molecule has 0 aliphatic heterocycles. The summed E-state index contributed by atoms with van der Waals surface area (Å²) >= 11 is 1.28. The van der Waals surface area contributed by atoms with Gasteiger partial charge in [-0.15, -0.1) is 0 Å². The van der Waals surface area contributed by atoms with E-state index in [0.717, 1.165) is 0 Å². The minimum absolute atomic E-state index is 0.00652. The molecule has 0 saturated heterocycles. The topological polar surface area (TPSA) is 130 Å². The molecule has 1 heterocycles. The maximum atomic E-state index is 13.2. The van der Waals surface area contributed by atoms with Gasteiger partial charge in [-0.25, -0.2) is 27.7 Å². The average molecular weight is 489 g/mol. The van der Waals surface area contributed by atoms with Crippen LogP contribution in [0.25, 0.3) is 11.1 Å². The van der Waals surface area contributed by atoms with Crippen LogP contribution in [0.1, 0.15) is 29.4 Å². The van der Waals surface area contributed by atoms with E-state index >= 15 is 0 Å². The lowest BCUT2D eigenvalue weighted by Gasteiger charge is -2.15. The van der Waals surface area contributed by atoms with E-state index in [1.54, 1.807) is 42.7 Å². The van der Waals surface area contributed by atoms with Crippen molar-refractivity contribution in [1.29, 1.82) is 0 Å². The van der Waals surface area contributed by atoms with Crippen molar-refractivity contribution in [2.75, 3.05) is 12.8 Å². The third-order valence-electron chi connectivity index (χ3n) is 4.74. The zero-order valence-corrected chi connectivity index (χ0v) is 19.7. The monoisotopic (exact) mass is 488 g/mol. The molecule has 3 N–H and O–H groups in total. The molecule has 9 nitrogen and oxygen atoms in total. The number of rotatable bonds is 9. The summed E-state index contributed by atoms with van der Waals surface area (Å²) in [6, 6.07) is 13.0. The van der Waals surface area contributed by atoms with Crippen LogP contribution in [0.3, 0.4) is 0 Å². The summed E-state index contributed by atoms with van der Waals surface area (Å²) < 4.78 is 29.9. The number of urea groups is 1. The minimum atomic E-state index is -4.22. The summed E-state index contributed by atoms with van der Waals surface area (Å²) in [6.45, 7) is 2.29. The van der Waals surface area contributed by atoms with Crippen LogP contribution in [-0.2, 0) is 16.6 Å². The number of thioether (sulfide) groups is 1. The quantitative estimate of drug-likeness (QED) is 0.393. The van der Waals surface area contributed by atoms with E-state index in [4.69, 9.17) is 0 Å². The van der Waals surface area contributed by atoms with E-state index in [1.807, 2.05) is 13.0 Å². The summed E-state index contributed by atoms with van der Waals surface area (Å²) in [4.78, 5) is 27.7. The molecule has 2 amide bonds. The van der Waals surface area contributed by atoms with Crippen LogP contribution < -0.4 is 10.0 Å². The SMILES string of the molecule is CCCNC(=O)NS(=O)(=O)c1cc(Cn2c(C(=O)O)cnc2SC)ccc1-c1ccccc1. The number of imidazole rings is 1. The van der Waals surface area contributed by atoms with Crippen LogP contribution >= 0.6 is 11.8 Å². The van der Waals surface area contributed by atoms with Gasteiger partial charge in [0, 0.05) is 12.1 Å². The Hall–Kier alpha value is -3.31. The van der Waals surface area contributed by atoms with E-state index in [9.17, 15) is 23.1 Å². The Bertz CT molecular complexity index is 1260. The highest BCUT2D eigenvalue weighted by Gasteiger charge is 2.23. The lowest BCUT2D eigenvalue weighted by Crippen LogP contribution is -2.39. The zero-order chi connectivity index (χ0) is 24.0. The van der Waals surface area contributed by atoms with Crippen molar-refractivity contribution in [3.05, 3.63) is 66.0 Å². The van der Waals surface area contributed by atoms with E-state index in [2.05, 4.69) is 15.0 Å². The fourth-order valence-electron chi connectivity index (χ4n) is 3.22. The van der Waals surface area contributed by atoms with Gasteiger partial charge in [0.25, 0.3) is 10.0 Å². The molecule has 11 heteroatoms. The molecular formula is C22H24N4O5S2. The number of aromatic nitrogens is 2. The first-order chi connectivity index (χ1) is 15.8. The number of aromatic carboxylic acids is 1. The summed E-state index contributed by atoms with van der Waals surface area (Å²) in [7, 11) is -4.22. The van der Waals surface area contributed by atoms with Crippen molar-refractivity contribution in [2.45, 2.75) is 29.9 Å². The second-order valence-corrected chi connectivity index (χ2v) is 9.50. The van der Waals surface area contributed by atoms with Crippen molar-refractivity contribution in [3.63, 3.8) is 0 Å². The van der Waals surface area contributed by atoms with Gasteiger partial charge < -0.3 is 15.0 Å². The third kappa shape index (κ3) is 5.74. The Morgan fingerprint density at radius 2 is 1.88 bits per heavy atom. The number of sulfonamides is 1. The van der Waals surface area contributed by atoms with Crippen LogP contribution in [0.4, 0.5) is 4.79 Å². The number of nitrogens with one attached hydrogen (secondary N) is 2. The van der Waals surface area contributed by atoms with Gasteiger partial charge in [0.15, 0.2) is 5.16 Å². The molecule has 0 aliphatic rings. The first kappa shape index (κ1) is 24.3. The Morgan fingerprint density at radius 3 is 2.52 bits per heavy atom. The van der Waals surface area contributed by atoms with Crippen LogP contribution in [0.2, 0.25) is 0 Å². The number of carbonyl (C=O) groups is 2. The van der Waals surface area contributed by atoms with Gasteiger partial charge in [-0.05, 0) is 29.9 Å². The van der Waals surface area contributed by atoms with Gasteiger partial charge in [-0.2, -0.15) is 0 Å². The zero-order valence-electron chi connectivity index (χ0n) is 18.1. The number of carbonyl (C=O) groups excluding carboxylic acids is 1. The predicted octanol–water partition coefficient (Wildman–Crippen LogP) is 3.42. The third-order valence-corrected chi connectivity index (χ3v) is 6.81. The van der Waals surface area contributed by atoms with Crippen molar-refractivity contribution in [1.82, 2.24) is 19.6 Å². The van der Waals surface area contributed by atoms with Crippen LogP contribution in [0.15, 0.2) is 64.8 Å². The highest BCUT2D eigenvalue weighted by atomic mass is 32.2. The molecule has 0 aliphatic carbocycles. The molecular weight excluding hydrogens is 464 g/mol. The van der Waals surface area contributed by atoms with Gasteiger partial charge in [0.1, 0.15) is 5.69 Å². The normalized spacial score (nSPS) is 11.2. The molecule has 1 aromatic heterocycles. The Kier molecular flexibility index (Phi) is 7.77. The molecule has 3 aromatic rings. The summed E-state index contributed by atoms with van der Waals surface area (Å²) in [5, 5.41) is 12.5. The van der Waals surface area contributed by atoms with E-state index in [-0.39, 0.29) is 17.1 Å². The van der Waals surface area contributed by atoms with E-state index in [1.165, 1.54) is 28.6 Å². The Labute approximate surface area is 196 Å².